The molecule has 1 aromatic heterocycles. The molecule has 1 saturated heterocycles. The Bertz CT molecular complexity index is 990. The van der Waals surface area contributed by atoms with Crippen LogP contribution in [0.15, 0.2) is 34.7 Å². The molecule has 1 fully saturated rings. The van der Waals surface area contributed by atoms with E-state index in [9.17, 15) is 9.35 Å². The number of aromatic amines is 1. The summed E-state index contributed by atoms with van der Waals surface area (Å²) < 4.78 is 20.5. The van der Waals surface area contributed by atoms with E-state index < -0.39 is 16.8 Å². The van der Waals surface area contributed by atoms with Crippen molar-refractivity contribution in [3.63, 3.8) is 0 Å². The van der Waals surface area contributed by atoms with Gasteiger partial charge in [0.05, 0.1) is 36.4 Å². The lowest BCUT2D eigenvalue weighted by Crippen LogP contribution is -2.53. The summed E-state index contributed by atoms with van der Waals surface area (Å²) in [7, 11) is 1.42. The predicted molar refractivity (Wildman–Crippen MR) is 117 cm³/mol. The molecule has 6 nitrogen and oxygen atoms in total. The molecular weight excluding hydrogens is 398 g/mol. The highest BCUT2D eigenvalue weighted by Crippen LogP contribution is 2.45. The lowest BCUT2D eigenvalue weighted by Gasteiger charge is -2.43. The molecule has 0 spiro atoms. The van der Waals surface area contributed by atoms with E-state index in [0.29, 0.717) is 25.9 Å². The van der Waals surface area contributed by atoms with Crippen molar-refractivity contribution < 1.29 is 14.1 Å². The van der Waals surface area contributed by atoms with Gasteiger partial charge in [-0.1, -0.05) is 32.9 Å². The second-order valence-corrected chi connectivity index (χ2v) is 10.7. The highest BCUT2D eigenvalue weighted by Gasteiger charge is 2.52. The number of carbonyl (C=O) groups excluding carboxylic acids is 1. The molecule has 1 unspecified atom stereocenters. The number of ether oxygens (including phenoxy) is 1. The number of benzene rings is 1. The first-order valence-electron chi connectivity index (χ1n) is 10.3. The number of hydrogen-bond acceptors (Lipinski definition) is 5. The van der Waals surface area contributed by atoms with Gasteiger partial charge in [-0.3, -0.25) is 4.79 Å². The van der Waals surface area contributed by atoms with Gasteiger partial charge in [-0.15, -0.1) is 4.31 Å². The van der Waals surface area contributed by atoms with Crippen molar-refractivity contribution in [3.8, 4) is 0 Å². The highest BCUT2D eigenvalue weighted by atomic mass is 32.2. The van der Waals surface area contributed by atoms with Gasteiger partial charge in [0, 0.05) is 13.0 Å². The van der Waals surface area contributed by atoms with Gasteiger partial charge in [0.25, 0.3) is 0 Å². The Labute approximate surface area is 181 Å². The minimum atomic E-state index is -1.35. The van der Waals surface area contributed by atoms with Crippen LogP contribution in [0.4, 0.5) is 0 Å². The summed E-state index contributed by atoms with van der Waals surface area (Å²) in [6.07, 6.45) is 3.16. The normalized spacial score (nSPS) is 22.7. The monoisotopic (exact) mass is 427 g/mol. The van der Waals surface area contributed by atoms with E-state index in [-0.39, 0.29) is 11.4 Å². The van der Waals surface area contributed by atoms with Gasteiger partial charge in [-0.25, -0.2) is 4.98 Å². The number of carbonyl (C=O) groups is 1. The zero-order valence-electron chi connectivity index (χ0n) is 18.2. The van der Waals surface area contributed by atoms with Gasteiger partial charge in [0.2, 0.25) is 0 Å². The summed E-state index contributed by atoms with van der Waals surface area (Å²) in [5.74, 6) is 0.541. The van der Waals surface area contributed by atoms with Crippen LogP contribution in [-0.2, 0) is 32.7 Å². The molecule has 2 aromatic rings. The fraction of sp³-hybridized carbons (Fsp3) is 0.478. The summed E-state index contributed by atoms with van der Waals surface area (Å²) in [6, 6.07) is 7.95. The number of methoxy groups -OCH3 is 1. The van der Waals surface area contributed by atoms with Crippen LogP contribution in [0.1, 0.15) is 50.0 Å². The second-order valence-electron chi connectivity index (χ2n) is 9.24. The Hall–Kier alpha value is -2.09. The van der Waals surface area contributed by atoms with Crippen LogP contribution in [0.2, 0.25) is 0 Å². The van der Waals surface area contributed by atoms with Crippen LogP contribution in [0.25, 0.3) is 6.08 Å². The first-order chi connectivity index (χ1) is 14.1. The van der Waals surface area contributed by atoms with Crippen molar-refractivity contribution >= 4 is 23.4 Å². The third kappa shape index (κ3) is 3.59. The lowest BCUT2D eigenvalue weighted by atomic mass is 9.69. The summed E-state index contributed by atoms with van der Waals surface area (Å²) in [5, 5.41) is 0. The lowest BCUT2D eigenvalue weighted by molar-refractivity contribution is -0.151. The van der Waals surface area contributed by atoms with Crippen LogP contribution >= 0.6 is 0 Å². The predicted octanol–water partition coefficient (Wildman–Crippen LogP) is 3.54. The molecule has 30 heavy (non-hydrogen) atoms. The number of nitrogens with one attached hydrogen (secondary N) is 1. The number of aromatic nitrogens is 2. The smallest absolute Gasteiger partial charge is 0.317 e. The molecule has 0 saturated carbocycles. The van der Waals surface area contributed by atoms with Gasteiger partial charge >= 0.3 is 5.97 Å². The largest absolute Gasteiger partial charge is 0.593 e. The summed E-state index contributed by atoms with van der Waals surface area (Å²) >= 11 is -1.35. The average molecular weight is 428 g/mol. The second kappa shape index (κ2) is 7.55. The standard InChI is InChI=1S/C23H29N3O3S/c1-15-24-19-12-17-10-11-26(14-23(17,21(27)29-5)13-20(19)25-15)30(28)18-8-6-16(7-9-18)22(2,3)4/h6-9,12H,10-11,13-14H2,1-5H3,(H,24,25)/t23-,30?/m0/s1. The first-order valence-corrected chi connectivity index (χ1v) is 11.4. The zero-order chi connectivity index (χ0) is 21.7. The molecule has 1 aliphatic heterocycles. The van der Waals surface area contributed by atoms with Crippen molar-refractivity contribution in [2.45, 2.75) is 50.8 Å². The topological polar surface area (TPSA) is 81.3 Å². The molecule has 0 amide bonds. The van der Waals surface area contributed by atoms with Gasteiger partial charge in [-0.05, 0) is 48.1 Å². The minimum absolute atomic E-state index is 0.0429. The number of piperidine rings is 1. The van der Waals surface area contributed by atoms with Crippen LogP contribution in [-0.4, -0.2) is 45.0 Å². The number of aryl methyl sites for hydroxylation is 1. The molecule has 160 valence electrons. The third-order valence-corrected chi connectivity index (χ3v) is 7.60. The molecule has 2 heterocycles. The molecule has 0 radical (unpaired) electrons. The zero-order valence-corrected chi connectivity index (χ0v) is 19.1. The third-order valence-electron chi connectivity index (χ3n) is 6.14. The Morgan fingerprint density at radius 3 is 2.63 bits per heavy atom. The van der Waals surface area contributed by atoms with Crippen LogP contribution < -0.4 is 0 Å². The average Bonchev–Trinajstić information content (AvgIpc) is 3.08. The van der Waals surface area contributed by atoms with Crippen molar-refractivity contribution in [3.05, 3.63) is 52.6 Å². The number of fused-ring (bicyclic) bond motifs is 2. The van der Waals surface area contributed by atoms with Gasteiger partial charge in [-0.2, -0.15) is 0 Å². The maximum Gasteiger partial charge on any atom is 0.317 e. The van der Waals surface area contributed by atoms with Crippen molar-refractivity contribution in [1.82, 2.24) is 14.3 Å². The number of nitrogens with zero attached hydrogens (tertiary/aromatic N) is 2. The van der Waals surface area contributed by atoms with E-state index >= 15 is 0 Å². The molecule has 2 atom stereocenters. The number of H-pyrrole nitrogens is 1. The van der Waals surface area contributed by atoms with E-state index in [1.807, 2.05) is 41.6 Å². The number of esters is 1. The van der Waals surface area contributed by atoms with E-state index in [0.717, 1.165) is 27.7 Å². The van der Waals surface area contributed by atoms with E-state index in [1.54, 1.807) is 0 Å². The minimum Gasteiger partial charge on any atom is -0.593 e. The molecule has 4 rings (SSSR count). The molecule has 1 N–H and O–H groups in total. The van der Waals surface area contributed by atoms with Crippen molar-refractivity contribution in [2.24, 2.45) is 5.41 Å². The molecule has 0 bridgehead atoms. The van der Waals surface area contributed by atoms with Crippen molar-refractivity contribution in [2.75, 3.05) is 20.2 Å². The van der Waals surface area contributed by atoms with Gasteiger partial charge in [0.1, 0.15) is 11.2 Å². The molecule has 1 aromatic carbocycles. The Morgan fingerprint density at radius 2 is 2.00 bits per heavy atom. The van der Waals surface area contributed by atoms with E-state index in [1.165, 1.54) is 12.7 Å². The number of rotatable bonds is 3. The number of imidazole rings is 1. The van der Waals surface area contributed by atoms with Crippen molar-refractivity contribution in [1.29, 1.82) is 0 Å². The maximum atomic E-state index is 13.4. The maximum absolute atomic E-state index is 13.4. The summed E-state index contributed by atoms with van der Waals surface area (Å²) in [6.45, 7) is 9.36. The Morgan fingerprint density at radius 1 is 1.30 bits per heavy atom. The highest BCUT2D eigenvalue weighted by molar-refractivity contribution is 7.89. The molecule has 7 heteroatoms. The van der Waals surface area contributed by atoms with Gasteiger partial charge < -0.3 is 14.3 Å². The molecular formula is C23H29N3O3S. The van der Waals surface area contributed by atoms with E-state index in [2.05, 4.69) is 30.7 Å². The fourth-order valence-corrected chi connectivity index (χ4v) is 5.70. The molecule has 2 aliphatic rings. The SMILES string of the molecule is COC(=O)[C@]12Cc3nc(C)[nH]c3C=C1CCN([S+]([O-])c1ccc(C(C)(C)C)cc1)C2. The Balaban J connectivity index is 1.63. The van der Waals surface area contributed by atoms with Crippen LogP contribution in [0, 0.1) is 12.3 Å². The summed E-state index contributed by atoms with van der Waals surface area (Å²) in [5.41, 5.74) is 3.26. The van der Waals surface area contributed by atoms with Crippen LogP contribution in [0.5, 0.6) is 0 Å². The first kappa shape index (κ1) is 21.2. The number of hydrogen-bond donors (Lipinski definition) is 1. The Kier molecular flexibility index (Phi) is 5.33. The van der Waals surface area contributed by atoms with E-state index in [4.69, 9.17) is 4.74 Å². The quantitative estimate of drug-likeness (QED) is 0.599. The molecule has 1 aliphatic carbocycles. The van der Waals surface area contributed by atoms with Crippen LogP contribution in [0.3, 0.4) is 0 Å². The fourth-order valence-electron chi connectivity index (χ4n) is 4.44. The van der Waals surface area contributed by atoms with Gasteiger partial charge in [0.15, 0.2) is 4.90 Å². The summed E-state index contributed by atoms with van der Waals surface area (Å²) in [4.78, 5) is 21.6.